The van der Waals surface area contributed by atoms with Gasteiger partial charge in [-0.2, -0.15) is 5.06 Å². The van der Waals surface area contributed by atoms with Crippen LogP contribution in [0.4, 0.5) is 0 Å². The second kappa shape index (κ2) is 1.67. The maximum absolute atomic E-state index is 11.4. The summed E-state index contributed by atoms with van der Waals surface area (Å²) >= 11 is 0. The standard InChI is InChI=1S/C8H13NO2/c1-7-3-4-8(2,9(7)11)6(10)5-7/h11H,3-5H2,1-2H3. The van der Waals surface area contributed by atoms with Crippen molar-refractivity contribution in [2.24, 2.45) is 0 Å². The van der Waals surface area contributed by atoms with E-state index < -0.39 is 5.54 Å². The summed E-state index contributed by atoms with van der Waals surface area (Å²) in [5, 5.41) is 10.9. The number of hydroxylamine groups is 2. The summed E-state index contributed by atoms with van der Waals surface area (Å²) in [6.07, 6.45) is 2.25. The fourth-order valence-corrected chi connectivity index (χ4v) is 2.28. The third kappa shape index (κ3) is 0.631. The number of carbonyl (C=O) groups is 1. The largest absolute Gasteiger partial charge is 0.312 e. The molecule has 2 aliphatic rings. The quantitative estimate of drug-likeness (QED) is 0.566. The van der Waals surface area contributed by atoms with Crippen molar-refractivity contribution in [3.8, 4) is 0 Å². The van der Waals surface area contributed by atoms with Gasteiger partial charge in [-0.3, -0.25) is 4.79 Å². The summed E-state index contributed by atoms with van der Waals surface area (Å²) in [5.41, 5.74) is -0.819. The molecule has 0 aromatic carbocycles. The molecule has 0 amide bonds. The Morgan fingerprint density at radius 3 is 2.27 bits per heavy atom. The van der Waals surface area contributed by atoms with Crippen molar-refractivity contribution in [1.82, 2.24) is 5.06 Å². The minimum Gasteiger partial charge on any atom is -0.312 e. The molecule has 0 spiro atoms. The van der Waals surface area contributed by atoms with Crippen LogP contribution in [-0.2, 0) is 4.79 Å². The van der Waals surface area contributed by atoms with Crippen LogP contribution >= 0.6 is 0 Å². The van der Waals surface area contributed by atoms with Crippen LogP contribution in [0.15, 0.2) is 0 Å². The zero-order chi connectivity index (χ0) is 8.28. The summed E-state index contributed by atoms with van der Waals surface area (Å²) in [5.74, 6) is 0.189. The van der Waals surface area contributed by atoms with Crippen LogP contribution in [-0.4, -0.2) is 27.1 Å². The molecule has 0 radical (unpaired) electrons. The fraction of sp³-hybridized carbons (Fsp3) is 0.875. The van der Waals surface area contributed by atoms with Crippen molar-refractivity contribution < 1.29 is 10.0 Å². The number of Topliss-reactive ketones (excluding diaryl/α,β-unsaturated/α-hetero) is 1. The molecular weight excluding hydrogens is 142 g/mol. The Balaban J connectivity index is 2.45. The zero-order valence-electron chi connectivity index (χ0n) is 6.92. The van der Waals surface area contributed by atoms with E-state index in [1.54, 1.807) is 0 Å². The van der Waals surface area contributed by atoms with Crippen molar-refractivity contribution in [1.29, 1.82) is 0 Å². The van der Waals surface area contributed by atoms with Gasteiger partial charge in [0.1, 0.15) is 5.54 Å². The lowest BCUT2D eigenvalue weighted by molar-refractivity contribution is -0.175. The molecule has 11 heavy (non-hydrogen) atoms. The van der Waals surface area contributed by atoms with E-state index in [-0.39, 0.29) is 11.3 Å². The molecule has 0 aromatic rings. The van der Waals surface area contributed by atoms with Gasteiger partial charge in [-0.1, -0.05) is 0 Å². The molecule has 2 aliphatic heterocycles. The maximum Gasteiger partial charge on any atom is 0.157 e. The Labute approximate surface area is 66.0 Å². The minimum atomic E-state index is -0.561. The van der Waals surface area contributed by atoms with E-state index in [1.165, 1.54) is 5.06 Å². The third-order valence-electron chi connectivity index (χ3n) is 3.27. The molecule has 0 saturated carbocycles. The van der Waals surface area contributed by atoms with Crippen molar-refractivity contribution >= 4 is 5.78 Å². The van der Waals surface area contributed by atoms with Crippen LogP contribution in [0.25, 0.3) is 0 Å². The van der Waals surface area contributed by atoms with Crippen LogP contribution in [0.1, 0.15) is 33.1 Å². The van der Waals surface area contributed by atoms with Gasteiger partial charge in [0, 0.05) is 6.42 Å². The molecule has 2 bridgehead atoms. The molecule has 2 atom stereocenters. The van der Waals surface area contributed by atoms with Gasteiger partial charge in [-0.25, -0.2) is 0 Å². The number of rotatable bonds is 0. The van der Waals surface area contributed by atoms with Gasteiger partial charge in [0.2, 0.25) is 0 Å². The summed E-state index contributed by atoms with van der Waals surface area (Å²) in [4.78, 5) is 11.4. The van der Waals surface area contributed by atoms with E-state index in [1.807, 2.05) is 13.8 Å². The van der Waals surface area contributed by atoms with Gasteiger partial charge < -0.3 is 5.21 Å². The average Bonchev–Trinajstić information content (AvgIpc) is 2.23. The highest BCUT2D eigenvalue weighted by atomic mass is 16.5. The number of hydrogen-bond donors (Lipinski definition) is 1. The molecule has 0 aliphatic carbocycles. The lowest BCUT2D eigenvalue weighted by Gasteiger charge is -2.26. The minimum absolute atomic E-state index is 0.189. The zero-order valence-corrected chi connectivity index (χ0v) is 6.92. The van der Waals surface area contributed by atoms with Gasteiger partial charge in [0.05, 0.1) is 5.54 Å². The first-order valence-corrected chi connectivity index (χ1v) is 4.02. The van der Waals surface area contributed by atoms with E-state index in [0.717, 1.165) is 12.8 Å². The molecule has 0 aromatic heterocycles. The predicted molar refractivity (Wildman–Crippen MR) is 39.3 cm³/mol. The van der Waals surface area contributed by atoms with Gasteiger partial charge >= 0.3 is 0 Å². The highest BCUT2D eigenvalue weighted by Gasteiger charge is 2.61. The molecular formula is C8H13NO2. The van der Waals surface area contributed by atoms with Crippen molar-refractivity contribution in [2.75, 3.05) is 0 Å². The first-order valence-electron chi connectivity index (χ1n) is 4.02. The van der Waals surface area contributed by atoms with E-state index in [2.05, 4.69) is 0 Å². The highest BCUT2D eigenvalue weighted by Crippen LogP contribution is 2.49. The summed E-state index contributed by atoms with van der Waals surface area (Å²) in [6, 6.07) is 0. The molecule has 62 valence electrons. The van der Waals surface area contributed by atoms with Crippen molar-refractivity contribution in [2.45, 2.75) is 44.2 Å². The Morgan fingerprint density at radius 2 is 2.09 bits per heavy atom. The smallest absolute Gasteiger partial charge is 0.157 e. The predicted octanol–water partition coefficient (Wildman–Crippen LogP) is 0.962. The Morgan fingerprint density at radius 1 is 1.45 bits per heavy atom. The van der Waals surface area contributed by atoms with Gasteiger partial charge in [-0.05, 0) is 26.7 Å². The van der Waals surface area contributed by atoms with Crippen molar-refractivity contribution in [3.05, 3.63) is 0 Å². The first kappa shape index (κ1) is 7.25. The maximum atomic E-state index is 11.4. The molecule has 2 saturated heterocycles. The number of ketones is 1. The van der Waals surface area contributed by atoms with E-state index >= 15 is 0 Å². The van der Waals surface area contributed by atoms with Gasteiger partial charge in [0.25, 0.3) is 0 Å². The molecule has 2 unspecified atom stereocenters. The topological polar surface area (TPSA) is 40.5 Å². The lowest BCUT2D eigenvalue weighted by Crippen LogP contribution is -2.43. The number of nitrogens with zero attached hydrogens (tertiary/aromatic N) is 1. The SMILES string of the molecule is CC12CCC(C)(C(=O)C1)N2O. The van der Waals surface area contributed by atoms with Gasteiger partial charge in [0.15, 0.2) is 5.78 Å². The average molecular weight is 155 g/mol. The third-order valence-corrected chi connectivity index (χ3v) is 3.27. The number of hydrogen-bond acceptors (Lipinski definition) is 3. The van der Waals surface area contributed by atoms with Crippen LogP contribution in [0.3, 0.4) is 0 Å². The van der Waals surface area contributed by atoms with Crippen molar-refractivity contribution in [3.63, 3.8) is 0 Å². The molecule has 2 heterocycles. The van der Waals surface area contributed by atoms with Crippen LogP contribution in [0.5, 0.6) is 0 Å². The van der Waals surface area contributed by atoms with E-state index in [0.29, 0.717) is 6.42 Å². The van der Waals surface area contributed by atoms with Crippen LogP contribution in [0, 0.1) is 0 Å². The fourth-order valence-electron chi connectivity index (χ4n) is 2.28. The van der Waals surface area contributed by atoms with Crippen LogP contribution in [0.2, 0.25) is 0 Å². The second-order valence-corrected chi connectivity index (χ2v) is 4.18. The second-order valence-electron chi connectivity index (χ2n) is 4.18. The number of fused-ring (bicyclic) bond motifs is 2. The summed E-state index contributed by atoms with van der Waals surface area (Å²) < 4.78 is 0. The Hall–Kier alpha value is -0.410. The molecule has 3 heteroatoms. The first-order chi connectivity index (χ1) is 4.99. The Kier molecular flexibility index (Phi) is 1.10. The van der Waals surface area contributed by atoms with E-state index in [9.17, 15) is 10.0 Å². The molecule has 2 rings (SSSR count). The van der Waals surface area contributed by atoms with Gasteiger partial charge in [-0.15, -0.1) is 0 Å². The summed E-state index contributed by atoms with van der Waals surface area (Å²) in [7, 11) is 0. The molecule has 3 nitrogen and oxygen atoms in total. The molecule has 1 N–H and O–H groups in total. The Bertz CT molecular complexity index is 228. The molecule has 2 fully saturated rings. The van der Waals surface area contributed by atoms with Crippen LogP contribution < -0.4 is 0 Å². The van der Waals surface area contributed by atoms with E-state index in [4.69, 9.17) is 0 Å². The normalized spacial score (nSPS) is 50.6. The summed E-state index contributed by atoms with van der Waals surface area (Å²) in [6.45, 7) is 3.77. The monoisotopic (exact) mass is 155 g/mol. The highest BCUT2D eigenvalue weighted by molar-refractivity contribution is 5.92. The number of carbonyl (C=O) groups excluding carboxylic acids is 1. The lowest BCUT2D eigenvalue weighted by atomic mass is 9.83.